The predicted molar refractivity (Wildman–Crippen MR) is 48.5 cm³/mol. The number of carbonyl (C=O) groups is 1. The van der Waals surface area contributed by atoms with Gasteiger partial charge in [0.1, 0.15) is 5.78 Å². The summed E-state index contributed by atoms with van der Waals surface area (Å²) in [4.78, 5) is 11.2. The summed E-state index contributed by atoms with van der Waals surface area (Å²) in [6.45, 7) is 12.2. The van der Waals surface area contributed by atoms with Crippen molar-refractivity contribution in [3.8, 4) is 0 Å². The van der Waals surface area contributed by atoms with Crippen molar-refractivity contribution in [3.05, 3.63) is 0 Å². The normalized spacial score (nSPS) is 15.2. The molecule has 0 aliphatic rings. The molecule has 0 amide bonds. The van der Waals surface area contributed by atoms with E-state index in [2.05, 4.69) is 20.8 Å². The third-order valence-corrected chi connectivity index (χ3v) is 3.05. The van der Waals surface area contributed by atoms with Crippen LogP contribution in [0.5, 0.6) is 0 Å². The van der Waals surface area contributed by atoms with Crippen LogP contribution in [0.4, 0.5) is 0 Å². The third-order valence-electron chi connectivity index (χ3n) is 3.05. The van der Waals surface area contributed by atoms with Crippen molar-refractivity contribution in [1.82, 2.24) is 0 Å². The lowest BCUT2D eigenvalue weighted by atomic mass is 9.72. The summed E-state index contributed by atoms with van der Waals surface area (Å²) in [7, 11) is 0. The van der Waals surface area contributed by atoms with Crippen molar-refractivity contribution in [3.63, 3.8) is 0 Å². The fourth-order valence-electron chi connectivity index (χ4n) is 1.15. The van der Waals surface area contributed by atoms with Crippen molar-refractivity contribution in [2.24, 2.45) is 17.3 Å². The molecule has 0 bridgehead atoms. The lowest BCUT2D eigenvalue weighted by Gasteiger charge is -2.31. The maximum Gasteiger partial charge on any atom is 0.135 e. The van der Waals surface area contributed by atoms with Gasteiger partial charge in [0, 0.05) is 5.41 Å². The van der Waals surface area contributed by atoms with Gasteiger partial charge in [0.15, 0.2) is 0 Å². The van der Waals surface area contributed by atoms with Gasteiger partial charge in [-0.3, -0.25) is 4.79 Å². The largest absolute Gasteiger partial charge is 0.299 e. The number of Topliss-reactive ketones (excluding diaryl/α,β-unsaturated/α-hetero) is 1. The van der Waals surface area contributed by atoms with Crippen molar-refractivity contribution in [1.29, 1.82) is 0 Å². The molecular formula is C10H20O. The minimum absolute atomic E-state index is 0.159. The fraction of sp³-hybridized carbons (Fsp3) is 0.900. The molecule has 0 rings (SSSR count). The average molecular weight is 156 g/mol. The summed E-state index contributed by atoms with van der Waals surface area (Å²) >= 11 is 0. The van der Waals surface area contributed by atoms with Crippen LogP contribution in [-0.2, 0) is 4.79 Å². The number of hydrogen-bond acceptors (Lipinski definition) is 1. The lowest BCUT2D eigenvalue weighted by Crippen LogP contribution is -2.32. The molecular weight excluding hydrogens is 136 g/mol. The van der Waals surface area contributed by atoms with Crippen LogP contribution < -0.4 is 0 Å². The third kappa shape index (κ3) is 2.32. The number of ketones is 1. The standard InChI is InChI=1S/C10H20O/c1-7(2)8(3)10(5,6)9(4)11/h7-8H,1-6H3. The first-order valence-electron chi connectivity index (χ1n) is 4.31. The molecule has 0 aliphatic carbocycles. The van der Waals surface area contributed by atoms with E-state index in [9.17, 15) is 4.79 Å². The zero-order valence-corrected chi connectivity index (χ0v) is 8.56. The van der Waals surface area contributed by atoms with Crippen molar-refractivity contribution in [2.75, 3.05) is 0 Å². The molecule has 0 aromatic rings. The Morgan fingerprint density at radius 1 is 1.18 bits per heavy atom. The summed E-state index contributed by atoms with van der Waals surface area (Å²) in [6.07, 6.45) is 0. The molecule has 0 radical (unpaired) electrons. The first-order valence-corrected chi connectivity index (χ1v) is 4.31. The molecule has 0 aromatic carbocycles. The van der Waals surface area contributed by atoms with Crippen LogP contribution >= 0.6 is 0 Å². The second-order valence-corrected chi connectivity index (χ2v) is 4.31. The van der Waals surface area contributed by atoms with Gasteiger partial charge in [-0.15, -0.1) is 0 Å². The van der Waals surface area contributed by atoms with Gasteiger partial charge in [0.2, 0.25) is 0 Å². The highest BCUT2D eigenvalue weighted by Crippen LogP contribution is 2.32. The summed E-state index contributed by atoms with van der Waals surface area (Å²) < 4.78 is 0. The van der Waals surface area contributed by atoms with Crippen LogP contribution in [0.15, 0.2) is 0 Å². The number of rotatable bonds is 3. The Hall–Kier alpha value is -0.330. The van der Waals surface area contributed by atoms with E-state index >= 15 is 0 Å². The molecule has 0 saturated carbocycles. The van der Waals surface area contributed by atoms with E-state index in [1.165, 1.54) is 0 Å². The van der Waals surface area contributed by atoms with E-state index in [0.29, 0.717) is 17.6 Å². The molecule has 0 heterocycles. The molecule has 0 fully saturated rings. The van der Waals surface area contributed by atoms with Gasteiger partial charge in [-0.25, -0.2) is 0 Å². The molecule has 66 valence electrons. The molecule has 1 unspecified atom stereocenters. The van der Waals surface area contributed by atoms with E-state index in [0.717, 1.165) is 0 Å². The van der Waals surface area contributed by atoms with Gasteiger partial charge >= 0.3 is 0 Å². The molecule has 0 spiro atoms. The Bertz CT molecular complexity index is 145. The van der Waals surface area contributed by atoms with Gasteiger partial charge < -0.3 is 0 Å². The van der Waals surface area contributed by atoms with Gasteiger partial charge in [-0.2, -0.15) is 0 Å². The zero-order valence-electron chi connectivity index (χ0n) is 8.56. The topological polar surface area (TPSA) is 17.1 Å². The van der Waals surface area contributed by atoms with Crippen LogP contribution in [0, 0.1) is 17.3 Å². The van der Waals surface area contributed by atoms with Gasteiger partial charge in [-0.05, 0) is 18.8 Å². The van der Waals surface area contributed by atoms with E-state index in [-0.39, 0.29) is 5.41 Å². The average Bonchev–Trinajstić information content (AvgIpc) is 1.85. The zero-order chi connectivity index (χ0) is 9.23. The summed E-state index contributed by atoms with van der Waals surface area (Å²) in [5, 5.41) is 0. The summed E-state index contributed by atoms with van der Waals surface area (Å²) in [5.74, 6) is 1.33. The molecule has 1 nitrogen and oxygen atoms in total. The quantitative estimate of drug-likeness (QED) is 0.614. The molecule has 1 atom stereocenters. The van der Waals surface area contributed by atoms with Gasteiger partial charge in [0.05, 0.1) is 0 Å². The highest BCUT2D eigenvalue weighted by Gasteiger charge is 2.32. The van der Waals surface area contributed by atoms with E-state index < -0.39 is 0 Å². The van der Waals surface area contributed by atoms with Crippen molar-refractivity contribution >= 4 is 5.78 Å². The van der Waals surface area contributed by atoms with E-state index in [1.807, 2.05) is 13.8 Å². The Labute approximate surface area is 70.2 Å². The summed E-state index contributed by atoms with van der Waals surface area (Å²) in [6, 6.07) is 0. The maximum atomic E-state index is 11.2. The van der Waals surface area contributed by atoms with Gasteiger partial charge in [0.25, 0.3) is 0 Å². The number of carbonyl (C=O) groups excluding carboxylic acids is 1. The van der Waals surface area contributed by atoms with Crippen molar-refractivity contribution < 1.29 is 4.79 Å². The van der Waals surface area contributed by atoms with E-state index in [1.54, 1.807) is 6.92 Å². The minimum Gasteiger partial charge on any atom is -0.299 e. The SMILES string of the molecule is CC(=O)C(C)(C)C(C)C(C)C. The molecule has 0 saturated heterocycles. The second-order valence-electron chi connectivity index (χ2n) is 4.31. The van der Waals surface area contributed by atoms with Crippen LogP contribution in [0.2, 0.25) is 0 Å². The molecule has 11 heavy (non-hydrogen) atoms. The van der Waals surface area contributed by atoms with Crippen LogP contribution in [-0.4, -0.2) is 5.78 Å². The fourth-order valence-corrected chi connectivity index (χ4v) is 1.15. The number of hydrogen-bond donors (Lipinski definition) is 0. The monoisotopic (exact) mass is 156 g/mol. The predicted octanol–water partition coefficient (Wildman–Crippen LogP) is 2.89. The lowest BCUT2D eigenvalue weighted by molar-refractivity contribution is -0.128. The van der Waals surface area contributed by atoms with Crippen LogP contribution in [0.3, 0.4) is 0 Å². The Balaban J connectivity index is 4.42. The molecule has 1 heteroatoms. The minimum atomic E-state index is -0.159. The Morgan fingerprint density at radius 2 is 1.55 bits per heavy atom. The van der Waals surface area contributed by atoms with E-state index in [4.69, 9.17) is 0 Å². The highest BCUT2D eigenvalue weighted by atomic mass is 16.1. The first kappa shape index (κ1) is 10.7. The molecule has 0 aromatic heterocycles. The Morgan fingerprint density at radius 3 is 1.64 bits per heavy atom. The highest BCUT2D eigenvalue weighted by molar-refractivity contribution is 5.81. The van der Waals surface area contributed by atoms with Crippen molar-refractivity contribution in [2.45, 2.75) is 41.5 Å². The maximum absolute atomic E-state index is 11.2. The summed E-state index contributed by atoms with van der Waals surface area (Å²) in [5.41, 5.74) is -0.159. The Kier molecular flexibility index (Phi) is 3.28. The van der Waals surface area contributed by atoms with Crippen LogP contribution in [0.1, 0.15) is 41.5 Å². The smallest absolute Gasteiger partial charge is 0.135 e. The second kappa shape index (κ2) is 3.38. The first-order chi connectivity index (χ1) is 4.80. The van der Waals surface area contributed by atoms with Crippen LogP contribution in [0.25, 0.3) is 0 Å². The van der Waals surface area contributed by atoms with Gasteiger partial charge in [-0.1, -0.05) is 34.6 Å². The molecule has 0 N–H and O–H groups in total. The molecule has 0 aliphatic heterocycles.